The lowest BCUT2D eigenvalue weighted by atomic mass is 10.2. The maximum absolute atomic E-state index is 12.5. The van der Waals surface area contributed by atoms with E-state index >= 15 is 0 Å². The fourth-order valence-corrected chi connectivity index (χ4v) is 3.07. The van der Waals surface area contributed by atoms with E-state index in [4.69, 9.17) is 0 Å². The van der Waals surface area contributed by atoms with Gasteiger partial charge >= 0.3 is 12.0 Å². The Bertz CT molecular complexity index is 855. The molecule has 1 aliphatic heterocycles. The second-order valence-corrected chi connectivity index (χ2v) is 6.71. The second kappa shape index (κ2) is 9.59. The highest BCUT2D eigenvalue weighted by atomic mass is 16.5. The number of rotatable bonds is 6. The number of methoxy groups -OCH3 is 1. The van der Waals surface area contributed by atoms with Gasteiger partial charge in [-0.2, -0.15) is 0 Å². The molecule has 3 N–H and O–H groups in total. The zero-order chi connectivity index (χ0) is 20.6. The number of carbonyl (C=O) groups is 3. The van der Waals surface area contributed by atoms with E-state index in [9.17, 15) is 14.4 Å². The molecule has 0 aliphatic carbocycles. The summed E-state index contributed by atoms with van der Waals surface area (Å²) in [6, 6.07) is 16.4. The first-order chi connectivity index (χ1) is 14.0. The number of esters is 1. The number of ether oxygens (including phenoxy) is 1. The molecule has 152 valence electrons. The van der Waals surface area contributed by atoms with Gasteiger partial charge in [0.15, 0.2) is 0 Å². The number of anilines is 2. The minimum atomic E-state index is -0.520. The molecule has 1 fully saturated rings. The summed E-state index contributed by atoms with van der Waals surface area (Å²) in [6.07, 6.45) is 0.877. The highest BCUT2D eigenvalue weighted by Crippen LogP contribution is 2.17. The summed E-state index contributed by atoms with van der Waals surface area (Å²) in [6.45, 7) is 1.10. The van der Waals surface area contributed by atoms with Crippen molar-refractivity contribution in [2.24, 2.45) is 0 Å². The van der Waals surface area contributed by atoms with Crippen LogP contribution in [0.3, 0.4) is 0 Å². The first-order valence-corrected chi connectivity index (χ1v) is 9.38. The van der Waals surface area contributed by atoms with Gasteiger partial charge in [0.1, 0.15) is 6.54 Å². The van der Waals surface area contributed by atoms with Gasteiger partial charge in [0.05, 0.1) is 7.11 Å². The lowest BCUT2D eigenvalue weighted by Crippen LogP contribution is -2.35. The molecule has 1 saturated heterocycles. The van der Waals surface area contributed by atoms with Gasteiger partial charge in [0.25, 0.3) is 5.91 Å². The van der Waals surface area contributed by atoms with Crippen LogP contribution in [0.2, 0.25) is 0 Å². The number of amides is 3. The molecule has 0 spiro atoms. The van der Waals surface area contributed by atoms with Gasteiger partial charge in [-0.3, -0.25) is 9.59 Å². The molecule has 8 heteroatoms. The molecule has 1 heterocycles. The maximum atomic E-state index is 12.5. The van der Waals surface area contributed by atoms with Gasteiger partial charge in [-0.1, -0.05) is 18.2 Å². The highest BCUT2D eigenvalue weighted by molar-refractivity contribution is 5.97. The topological polar surface area (TPSA) is 99.8 Å². The van der Waals surface area contributed by atoms with Crippen LogP contribution in [-0.4, -0.2) is 55.6 Å². The van der Waals surface area contributed by atoms with Gasteiger partial charge in [0.2, 0.25) is 0 Å². The van der Waals surface area contributed by atoms with Crippen molar-refractivity contribution >= 4 is 29.3 Å². The molecule has 1 atom stereocenters. The molecule has 8 nitrogen and oxygen atoms in total. The Kier molecular flexibility index (Phi) is 6.67. The van der Waals surface area contributed by atoms with Crippen LogP contribution in [0.4, 0.5) is 16.2 Å². The largest absolute Gasteiger partial charge is 0.468 e. The lowest BCUT2D eigenvalue weighted by Gasteiger charge is -2.18. The van der Waals surface area contributed by atoms with E-state index in [1.54, 1.807) is 29.2 Å². The Labute approximate surface area is 169 Å². The van der Waals surface area contributed by atoms with Gasteiger partial charge in [-0.05, 0) is 42.8 Å². The molecule has 0 saturated carbocycles. The van der Waals surface area contributed by atoms with Crippen molar-refractivity contribution in [3.8, 4) is 0 Å². The normalized spacial score (nSPS) is 15.5. The molecule has 0 aromatic heterocycles. The average molecular weight is 396 g/mol. The number of para-hydroxylation sites is 1. The standard InChI is InChI=1S/C21H24N4O4/c1-29-19(26)13-22-20(27)15-7-9-17(10-8-15)24-21(28)25-12-11-18(14-25)23-16-5-3-2-4-6-16/h2-10,18,23H,11-14H2,1H3,(H,22,27)(H,24,28). The van der Waals surface area contributed by atoms with Crippen LogP contribution < -0.4 is 16.0 Å². The SMILES string of the molecule is COC(=O)CNC(=O)c1ccc(NC(=O)N2CCC(Nc3ccccc3)C2)cc1. The van der Waals surface area contributed by atoms with E-state index in [1.807, 2.05) is 30.3 Å². The zero-order valence-corrected chi connectivity index (χ0v) is 16.2. The number of nitrogens with one attached hydrogen (secondary N) is 3. The first kappa shape index (κ1) is 20.2. The summed E-state index contributed by atoms with van der Waals surface area (Å²) in [7, 11) is 1.26. The van der Waals surface area contributed by atoms with Crippen LogP contribution in [0.15, 0.2) is 54.6 Å². The molecule has 1 unspecified atom stereocenters. The third-order valence-electron chi connectivity index (χ3n) is 4.64. The molecule has 2 aromatic rings. The summed E-state index contributed by atoms with van der Waals surface area (Å²) in [5.74, 6) is -0.907. The fraction of sp³-hybridized carbons (Fsp3) is 0.286. The Morgan fingerprint density at radius 3 is 2.45 bits per heavy atom. The molecular weight excluding hydrogens is 372 g/mol. The zero-order valence-electron chi connectivity index (χ0n) is 16.2. The Morgan fingerprint density at radius 2 is 1.76 bits per heavy atom. The van der Waals surface area contributed by atoms with Crippen molar-refractivity contribution < 1.29 is 19.1 Å². The average Bonchev–Trinajstić information content (AvgIpc) is 3.21. The van der Waals surface area contributed by atoms with E-state index in [0.717, 1.165) is 12.1 Å². The van der Waals surface area contributed by atoms with Crippen LogP contribution in [0, 0.1) is 0 Å². The summed E-state index contributed by atoms with van der Waals surface area (Å²) in [5.41, 5.74) is 2.03. The van der Waals surface area contributed by atoms with Crippen LogP contribution in [0.25, 0.3) is 0 Å². The Morgan fingerprint density at radius 1 is 1.03 bits per heavy atom. The van der Waals surface area contributed by atoms with Crippen LogP contribution >= 0.6 is 0 Å². The molecule has 29 heavy (non-hydrogen) atoms. The van der Waals surface area contributed by atoms with Crippen LogP contribution in [0.1, 0.15) is 16.8 Å². The van der Waals surface area contributed by atoms with E-state index < -0.39 is 5.97 Å². The van der Waals surface area contributed by atoms with Gasteiger partial charge in [-0.25, -0.2) is 4.79 Å². The minimum absolute atomic E-state index is 0.176. The minimum Gasteiger partial charge on any atom is -0.468 e. The Balaban J connectivity index is 1.48. The van der Waals surface area contributed by atoms with Gasteiger partial charge in [0, 0.05) is 36.1 Å². The molecule has 2 aromatic carbocycles. The summed E-state index contributed by atoms with van der Waals surface area (Å²) >= 11 is 0. The third kappa shape index (κ3) is 5.71. The molecule has 0 radical (unpaired) electrons. The number of nitrogens with zero attached hydrogens (tertiary/aromatic N) is 1. The van der Waals surface area contributed by atoms with Crippen molar-refractivity contribution in [2.75, 3.05) is 37.4 Å². The van der Waals surface area contributed by atoms with Crippen molar-refractivity contribution in [3.63, 3.8) is 0 Å². The van der Waals surface area contributed by atoms with E-state index in [2.05, 4.69) is 20.7 Å². The fourth-order valence-electron chi connectivity index (χ4n) is 3.07. The second-order valence-electron chi connectivity index (χ2n) is 6.71. The number of urea groups is 1. The predicted molar refractivity (Wildman–Crippen MR) is 110 cm³/mol. The number of carbonyl (C=O) groups excluding carboxylic acids is 3. The number of hydrogen-bond donors (Lipinski definition) is 3. The molecule has 3 amide bonds. The third-order valence-corrected chi connectivity index (χ3v) is 4.64. The van der Waals surface area contributed by atoms with Gasteiger partial charge in [-0.15, -0.1) is 0 Å². The monoisotopic (exact) mass is 396 g/mol. The van der Waals surface area contributed by atoms with Crippen molar-refractivity contribution in [2.45, 2.75) is 12.5 Å². The van der Waals surface area contributed by atoms with Crippen LogP contribution in [0.5, 0.6) is 0 Å². The Hall–Kier alpha value is -3.55. The first-order valence-electron chi connectivity index (χ1n) is 9.38. The summed E-state index contributed by atoms with van der Waals surface area (Å²) in [5, 5.41) is 8.75. The lowest BCUT2D eigenvalue weighted by molar-refractivity contribution is -0.139. The van der Waals surface area contributed by atoms with E-state index in [-0.39, 0.29) is 24.5 Å². The smallest absolute Gasteiger partial charge is 0.325 e. The van der Waals surface area contributed by atoms with Gasteiger partial charge < -0.3 is 25.6 Å². The molecular formula is C21H24N4O4. The number of hydrogen-bond acceptors (Lipinski definition) is 5. The summed E-state index contributed by atoms with van der Waals surface area (Å²) in [4.78, 5) is 37.3. The quantitative estimate of drug-likeness (QED) is 0.651. The molecule has 1 aliphatic rings. The van der Waals surface area contributed by atoms with E-state index in [0.29, 0.717) is 24.3 Å². The highest BCUT2D eigenvalue weighted by Gasteiger charge is 2.26. The number of likely N-dealkylation sites (tertiary alicyclic amines) is 1. The van der Waals surface area contributed by atoms with Crippen molar-refractivity contribution in [1.82, 2.24) is 10.2 Å². The number of benzene rings is 2. The molecule has 3 rings (SSSR count). The molecule has 0 bridgehead atoms. The predicted octanol–water partition coefficient (Wildman–Crippen LogP) is 2.31. The van der Waals surface area contributed by atoms with Crippen LogP contribution in [-0.2, 0) is 9.53 Å². The van der Waals surface area contributed by atoms with Crippen molar-refractivity contribution in [1.29, 1.82) is 0 Å². The summed E-state index contributed by atoms with van der Waals surface area (Å²) < 4.78 is 4.48. The van der Waals surface area contributed by atoms with E-state index in [1.165, 1.54) is 7.11 Å². The maximum Gasteiger partial charge on any atom is 0.325 e. The van der Waals surface area contributed by atoms with Crippen molar-refractivity contribution in [3.05, 3.63) is 60.2 Å².